The third-order valence-corrected chi connectivity index (χ3v) is 6.28. The van der Waals surface area contributed by atoms with Crippen LogP contribution in [0.15, 0.2) is 53.8 Å². The summed E-state index contributed by atoms with van der Waals surface area (Å²) < 4.78 is 0. The summed E-state index contributed by atoms with van der Waals surface area (Å²) in [5, 5.41) is 26.7. The zero-order chi connectivity index (χ0) is 23.2. The van der Waals surface area contributed by atoms with E-state index in [0.29, 0.717) is 44.9 Å². The Morgan fingerprint density at radius 3 is 2.52 bits per heavy atom. The molecule has 0 bridgehead atoms. The monoisotopic (exact) mass is 454 g/mol. The maximum atomic E-state index is 11.4. The van der Waals surface area contributed by atoms with Gasteiger partial charge in [-0.2, -0.15) is 10.5 Å². The molecule has 0 aliphatic heterocycles. The van der Waals surface area contributed by atoms with Crippen molar-refractivity contribution in [2.75, 3.05) is 17.2 Å². The number of amides is 1. The van der Waals surface area contributed by atoms with Crippen molar-refractivity contribution in [2.45, 2.75) is 30.5 Å². The molecular weight excluding hydrogens is 432 g/mol. The van der Waals surface area contributed by atoms with Crippen LogP contribution >= 0.6 is 11.8 Å². The van der Waals surface area contributed by atoms with Crippen LogP contribution in [0, 0.1) is 28.6 Å². The number of hydrogen-bond acceptors (Lipinski definition) is 7. The van der Waals surface area contributed by atoms with E-state index in [1.165, 1.54) is 31.5 Å². The smallest absolute Gasteiger partial charge is 0.221 e. The number of aromatic nitrogens is 2. The highest BCUT2D eigenvalue weighted by atomic mass is 32.2. The average Bonchev–Trinajstić information content (AvgIpc) is 3.66. The maximum absolute atomic E-state index is 11.4. The summed E-state index contributed by atoms with van der Waals surface area (Å²) in [5.41, 5.74) is 3.66. The molecule has 0 radical (unpaired) electrons. The lowest BCUT2D eigenvalue weighted by Crippen LogP contribution is -2.10. The topological polar surface area (TPSA) is 114 Å². The quantitative estimate of drug-likeness (QED) is 0.462. The van der Waals surface area contributed by atoms with Crippen LogP contribution in [0.5, 0.6) is 0 Å². The number of rotatable bonds is 8. The summed E-state index contributed by atoms with van der Waals surface area (Å²) in [6.07, 6.45) is 5.85. The van der Waals surface area contributed by atoms with Crippen LogP contribution in [-0.4, -0.2) is 22.4 Å². The lowest BCUT2D eigenvalue weighted by molar-refractivity contribution is -0.114. The number of carbonyl (C=O) groups excluding carboxylic acids is 1. The number of benzene rings is 1. The first kappa shape index (κ1) is 22.3. The van der Waals surface area contributed by atoms with E-state index in [-0.39, 0.29) is 5.91 Å². The van der Waals surface area contributed by atoms with E-state index in [0.717, 1.165) is 17.7 Å². The van der Waals surface area contributed by atoms with Crippen LogP contribution in [-0.2, 0) is 10.5 Å². The second-order valence-electron chi connectivity index (χ2n) is 7.85. The Morgan fingerprint density at radius 1 is 1.15 bits per heavy atom. The van der Waals surface area contributed by atoms with Crippen LogP contribution in [0.2, 0.25) is 0 Å². The summed E-state index contributed by atoms with van der Waals surface area (Å²) in [6, 6.07) is 15.5. The molecule has 33 heavy (non-hydrogen) atoms. The Bertz CT molecular complexity index is 1240. The van der Waals surface area contributed by atoms with Crippen molar-refractivity contribution >= 4 is 29.2 Å². The van der Waals surface area contributed by atoms with Crippen molar-refractivity contribution in [3.63, 3.8) is 0 Å². The Hall–Kier alpha value is -3.88. The molecule has 0 saturated heterocycles. The number of nitrogens with one attached hydrogen (secondary N) is 2. The zero-order valence-corrected chi connectivity index (χ0v) is 18.9. The average molecular weight is 455 g/mol. The van der Waals surface area contributed by atoms with Gasteiger partial charge < -0.3 is 10.6 Å². The van der Waals surface area contributed by atoms with E-state index in [1.807, 2.05) is 24.3 Å². The molecule has 3 aromatic rings. The fourth-order valence-electron chi connectivity index (χ4n) is 3.42. The summed E-state index contributed by atoms with van der Waals surface area (Å²) in [7, 11) is 0. The standard InChI is InChI=1S/C25H22N6OS/c1-16(32)30-20-8-6-19(7-9-20)23-21(11-26)24(29-14-17-4-5-17)31-25(22(23)12-27)33-15-18-3-2-10-28-13-18/h2-3,6-10,13,17H,4-5,14-15H2,1H3,(H,29,31)(H,30,32). The number of thioether (sulfide) groups is 1. The lowest BCUT2D eigenvalue weighted by atomic mass is 9.96. The fraction of sp³-hybridized carbons (Fsp3) is 0.240. The Kier molecular flexibility index (Phi) is 6.87. The molecule has 1 saturated carbocycles. The predicted octanol–water partition coefficient (Wildman–Crippen LogP) is 4.96. The Balaban J connectivity index is 1.77. The minimum Gasteiger partial charge on any atom is -0.369 e. The highest BCUT2D eigenvalue weighted by Crippen LogP contribution is 2.38. The number of nitriles is 2. The molecule has 1 aliphatic rings. The van der Waals surface area contributed by atoms with Crippen LogP contribution in [0.3, 0.4) is 0 Å². The van der Waals surface area contributed by atoms with Crippen molar-refractivity contribution in [3.8, 4) is 23.3 Å². The normalized spacial score (nSPS) is 12.5. The summed E-state index contributed by atoms with van der Waals surface area (Å²) >= 11 is 1.45. The molecule has 1 aromatic carbocycles. The van der Waals surface area contributed by atoms with Gasteiger partial charge in [0.1, 0.15) is 28.5 Å². The Labute approximate surface area is 196 Å². The van der Waals surface area contributed by atoms with Gasteiger partial charge in [0, 0.05) is 42.9 Å². The molecular formula is C25H22N6OS. The first-order chi connectivity index (χ1) is 16.1. The van der Waals surface area contributed by atoms with E-state index < -0.39 is 0 Å². The van der Waals surface area contributed by atoms with E-state index in [1.54, 1.807) is 24.5 Å². The number of carbonyl (C=O) groups is 1. The summed E-state index contributed by atoms with van der Waals surface area (Å²) in [4.78, 5) is 20.2. The number of nitrogens with zero attached hydrogens (tertiary/aromatic N) is 4. The first-order valence-electron chi connectivity index (χ1n) is 10.6. The van der Waals surface area contributed by atoms with Gasteiger partial charge in [0.25, 0.3) is 0 Å². The van der Waals surface area contributed by atoms with Gasteiger partial charge in [0.15, 0.2) is 0 Å². The molecule has 1 fully saturated rings. The van der Waals surface area contributed by atoms with E-state index >= 15 is 0 Å². The minimum atomic E-state index is -0.164. The van der Waals surface area contributed by atoms with Gasteiger partial charge >= 0.3 is 0 Å². The summed E-state index contributed by atoms with van der Waals surface area (Å²) in [5.74, 6) is 1.53. The SMILES string of the molecule is CC(=O)Nc1ccc(-c2c(C#N)c(NCC3CC3)nc(SCc3cccnc3)c2C#N)cc1. The van der Waals surface area contributed by atoms with Crippen molar-refractivity contribution in [3.05, 3.63) is 65.5 Å². The molecule has 164 valence electrons. The van der Waals surface area contributed by atoms with E-state index in [2.05, 4.69) is 27.8 Å². The van der Waals surface area contributed by atoms with Gasteiger partial charge in [0.2, 0.25) is 5.91 Å². The number of anilines is 2. The maximum Gasteiger partial charge on any atom is 0.221 e. The highest BCUT2D eigenvalue weighted by Gasteiger charge is 2.25. The van der Waals surface area contributed by atoms with Crippen LogP contribution in [0.1, 0.15) is 36.5 Å². The van der Waals surface area contributed by atoms with Crippen molar-refractivity contribution < 1.29 is 4.79 Å². The second-order valence-corrected chi connectivity index (χ2v) is 8.81. The molecule has 0 atom stereocenters. The lowest BCUT2D eigenvalue weighted by Gasteiger charge is -2.16. The van der Waals surface area contributed by atoms with Crippen LogP contribution in [0.4, 0.5) is 11.5 Å². The van der Waals surface area contributed by atoms with E-state index in [9.17, 15) is 15.3 Å². The predicted molar refractivity (Wildman–Crippen MR) is 128 cm³/mol. The molecule has 1 aliphatic carbocycles. The summed E-state index contributed by atoms with van der Waals surface area (Å²) in [6.45, 7) is 2.20. The van der Waals surface area contributed by atoms with Gasteiger partial charge in [-0.15, -0.1) is 11.8 Å². The molecule has 2 aromatic heterocycles. The largest absolute Gasteiger partial charge is 0.369 e. The van der Waals surface area contributed by atoms with Gasteiger partial charge in [-0.3, -0.25) is 9.78 Å². The molecule has 0 spiro atoms. The van der Waals surface area contributed by atoms with Crippen LogP contribution in [0.25, 0.3) is 11.1 Å². The molecule has 4 rings (SSSR count). The Morgan fingerprint density at radius 2 is 1.91 bits per heavy atom. The zero-order valence-electron chi connectivity index (χ0n) is 18.1. The molecule has 7 nitrogen and oxygen atoms in total. The second kappa shape index (κ2) is 10.2. The molecule has 0 unspecified atom stereocenters. The van der Waals surface area contributed by atoms with Crippen molar-refractivity contribution in [1.82, 2.24) is 9.97 Å². The van der Waals surface area contributed by atoms with Crippen molar-refractivity contribution in [2.24, 2.45) is 5.92 Å². The fourth-order valence-corrected chi connectivity index (χ4v) is 4.34. The van der Waals surface area contributed by atoms with Crippen LogP contribution < -0.4 is 10.6 Å². The third-order valence-electron chi connectivity index (χ3n) is 5.24. The highest BCUT2D eigenvalue weighted by molar-refractivity contribution is 7.98. The van der Waals surface area contributed by atoms with Gasteiger partial charge in [-0.05, 0) is 48.1 Å². The van der Waals surface area contributed by atoms with Crippen molar-refractivity contribution in [1.29, 1.82) is 10.5 Å². The van der Waals surface area contributed by atoms with Gasteiger partial charge in [-0.25, -0.2) is 4.98 Å². The molecule has 8 heteroatoms. The minimum absolute atomic E-state index is 0.164. The first-order valence-corrected chi connectivity index (χ1v) is 11.6. The van der Waals surface area contributed by atoms with Gasteiger partial charge in [0.05, 0.1) is 5.56 Å². The molecule has 2 N–H and O–H groups in total. The van der Waals surface area contributed by atoms with E-state index in [4.69, 9.17) is 4.98 Å². The number of pyridine rings is 2. The van der Waals surface area contributed by atoms with Gasteiger partial charge in [-0.1, -0.05) is 18.2 Å². The third kappa shape index (κ3) is 5.49. The number of hydrogen-bond donors (Lipinski definition) is 2. The molecule has 2 heterocycles. The molecule has 1 amide bonds.